The zero-order valence-electron chi connectivity index (χ0n) is 19.1. The molecule has 0 aliphatic heterocycles. The first-order chi connectivity index (χ1) is 17.1. The van der Waals surface area contributed by atoms with Gasteiger partial charge < -0.3 is 29.9 Å². The van der Waals surface area contributed by atoms with E-state index in [4.69, 9.17) is 9.47 Å². The number of rotatable bonds is 5. The number of phenolic OH excluding ortho intramolecular Hbond substituents is 2. The summed E-state index contributed by atoms with van der Waals surface area (Å²) in [4.78, 5) is 39.0. The van der Waals surface area contributed by atoms with Crippen LogP contribution >= 0.6 is 0 Å². The first kappa shape index (κ1) is 23.5. The van der Waals surface area contributed by atoms with Crippen molar-refractivity contribution in [3.05, 3.63) is 81.9 Å². The number of fused-ring (bicyclic) bond motifs is 3. The number of hydrogen-bond donors (Lipinski definition) is 4. The average molecular weight is 490 g/mol. The van der Waals surface area contributed by atoms with Gasteiger partial charge in [0.15, 0.2) is 11.6 Å². The molecule has 2 unspecified atom stereocenters. The van der Waals surface area contributed by atoms with Crippen LogP contribution in [0.5, 0.6) is 23.0 Å². The largest absolute Gasteiger partial charge is 0.507 e. The molecule has 2 aliphatic carbocycles. The summed E-state index contributed by atoms with van der Waals surface area (Å²) < 4.78 is 11.2. The van der Waals surface area contributed by atoms with E-state index in [0.717, 1.165) is 6.92 Å². The Morgan fingerprint density at radius 2 is 1.64 bits per heavy atom. The predicted molar refractivity (Wildman–Crippen MR) is 125 cm³/mol. The summed E-state index contributed by atoms with van der Waals surface area (Å²) in [6.45, 7) is 0.875. The van der Waals surface area contributed by atoms with Gasteiger partial charge in [-0.05, 0) is 25.1 Å². The molecule has 0 amide bonds. The average Bonchev–Trinajstić information content (AvgIpc) is 2.84. The van der Waals surface area contributed by atoms with Crippen molar-refractivity contribution in [2.75, 3.05) is 6.79 Å². The number of ketones is 3. The van der Waals surface area contributed by atoms with E-state index in [1.165, 1.54) is 18.2 Å². The molecular formula is C27H22O9. The highest BCUT2D eigenvalue weighted by atomic mass is 16.7. The van der Waals surface area contributed by atoms with Crippen LogP contribution in [0.4, 0.5) is 0 Å². The third-order valence-corrected chi connectivity index (χ3v) is 6.71. The molecule has 0 bridgehead atoms. The number of para-hydroxylation sites is 1. The van der Waals surface area contributed by atoms with E-state index in [9.17, 15) is 34.8 Å². The fraction of sp³-hybridized carbons (Fsp3) is 0.222. The third-order valence-electron chi connectivity index (χ3n) is 6.71. The third kappa shape index (κ3) is 3.52. The Kier molecular flexibility index (Phi) is 5.54. The van der Waals surface area contributed by atoms with Gasteiger partial charge >= 0.3 is 0 Å². The number of aliphatic hydroxyl groups is 2. The second-order valence-electron chi connectivity index (χ2n) is 8.88. The molecule has 0 saturated carbocycles. The van der Waals surface area contributed by atoms with Crippen molar-refractivity contribution in [3.63, 3.8) is 0 Å². The lowest BCUT2D eigenvalue weighted by molar-refractivity contribution is -0.139. The Morgan fingerprint density at radius 3 is 2.33 bits per heavy atom. The molecule has 9 nitrogen and oxygen atoms in total. The lowest BCUT2D eigenvalue weighted by Gasteiger charge is -2.36. The Balaban J connectivity index is 1.58. The standard InChI is InChI=1S/C27H22O9/c1-13(28)27(34)10-16-19(17(29)11-27)25(32)22-21(24(16)31)23(30)15-8-5-9-18(20(15)26(22)33)36-12-35-14-6-3-2-4-7-14/h2-9,17,29,31-32,34H,10-12H2,1H3. The number of carbonyl (C=O) groups is 3. The molecule has 2 aliphatic rings. The molecule has 0 heterocycles. The van der Waals surface area contributed by atoms with E-state index in [2.05, 4.69) is 0 Å². The highest BCUT2D eigenvalue weighted by molar-refractivity contribution is 6.31. The Hall–Kier alpha value is -4.21. The zero-order valence-corrected chi connectivity index (χ0v) is 19.1. The van der Waals surface area contributed by atoms with Crippen LogP contribution in [-0.2, 0) is 11.2 Å². The SMILES string of the molecule is CC(=O)C1(O)Cc2c(O)c3c(c(O)c2C(O)C1)C(=O)c1c(OCOc2ccccc2)cccc1C3=O. The van der Waals surface area contributed by atoms with Crippen LogP contribution in [0.3, 0.4) is 0 Å². The van der Waals surface area contributed by atoms with Crippen LogP contribution < -0.4 is 9.47 Å². The van der Waals surface area contributed by atoms with Crippen LogP contribution in [0.25, 0.3) is 0 Å². The first-order valence-corrected chi connectivity index (χ1v) is 11.2. The second kappa shape index (κ2) is 8.47. The molecule has 9 heteroatoms. The van der Waals surface area contributed by atoms with Crippen LogP contribution in [-0.4, -0.2) is 50.2 Å². The Morgan fingerprint density at radius 1 is 0.944 bits per heavy atom. The summed E-state index contributed by atoms with van der Waals surface area (Å²) in [6.07, 6.45) is -2.44. The van der Waals surface area contributed by atoms with Gasteiger partial charge in [0.25, 0.3) is 0 Å². The minimum Gasteiger partial charge on any atom is -0.507 e. The van der Waals surface area contributed by atoms with Crippen molar-refractivity contribution in [2.24, 2.45) is 0 Å². The van der Waals surface area contributed by atoms with E-state index in [1.807, 2.05) is 6.07 Å². The minimum atomic E-state index is -2.00. The van der Waals surface area contributed by atoms with Crippen molar-refractivity contribution in [2.45, 2.75) is 31.5 Å². The molecular weight excluding hydrogens is 468 g/mol. The molecule has 4 N–H and O–H groups in total. The summed E-state index contributed by atoms with van der Waals surface area (Å²) in [5, 5.41) is 43.4. The smallest absolute Gasteiger partial charge is 0.230 e. The number of hydrogen-bond acceptors (Lipinski definition) is 9. The summed E-state index contributed by atoms with van der Waals surface area (Å²) in [7, 11) is 0. The number of aromatic hydroxyl groups is 2. The first-order valence-electron chi connectivity index (χ1n) is 11.2. The van der Waals surface area contributed by atoms with Gasteiger partial charge in [0.1, 0.15) is 28.6 Å². The lowest BCUT2D eigenvalue weighted by Crippen LogP contribution is -2.44. The van der Waals surface area contributed by atoms with Gasteiger partial charge in [-0.25, -0.2) is 0 Å². The summed E-state index contributed by atoms with van der Waals surface area (Å²) in [5.41, 5.74) is -3.46. The Bertz CT molecular complexity index is 1430. The van der Waals surface area contributed by atoms with Gasteiger partial charge in [0, 0.05) is 29.5 Å². The Labute approximate surface area is 205 Å². The minimum absolute atomic E-state index is 0.0375. The molecule has 0 radical (unpaired) electrons. The second-order valence-corrected chi connectivity index (χ2v) is 8.88. The fourth-order valence-corrected chi connectivity index (χ4v) is 4.84. The lowest BCUT2D eigenvalue weighted by atomic mass is 9.72. The van der Waals surface area contributed by atoms with Crippen molar-refractivity contribution < 1.29 is 44.3 Å². The van der Waals surface area contributed by atoms with Gasteiger partial charge in [-0.3, -0.25) is 14.4 Å². The van der Waals surface area contributed by atoms with Gasteiger partial charge in [-0.15, -0.1) is 0 Å². The topological polar surface area (TPSA) is 151 Å². The van der Waals surface area contributed by atoms with Crippen LogP contribution in [0.2, 0.25) is 0 Å². The fourth-order valence-electron chi connectivity index (χ4n) is 4.84. The summed E-state index contributed by atoms with van der Waals surface area (Å²) in [5.74, 6) is -2.97. The normalized spacial score (nSPS) is 20.2. The van der Waals surface area contributed by atoms with Crippen molar-refractivity contribution >= 4 is 17.3 Å². The molecule has 3 aromatic rings. The number of benzene rings is 3. The number of aliphatic hydroxyl groups excluding tert-OH is 1. The number of phenols is 2. The highest BCUT2D eigenvalue weighted by Crippen LogP contribution is 2.51. The van der Waals surface area contributed by atoms with Crippen LogP contribution in [0.15, 0.2) is 48.5 Å². The van der Waals surface area contributed by atoms with Crippen molar-refractivity contribution in [3.8, 4) is 23.0 Å². The van der Waals surface area contributed by atoms with E-state index >= 15 is 0 Å². The molecule has 184 valence electrons. The van der Waals surface area contributed by atoms with E-state index in [0.29, 0.717) is 5.75 Å². The molecule has 0 saturated heterocycles. The van der Waals surface area contributed by atoms with Gasteiger partial charge in [0.2, 0.25) is 12.6 Å². The van der Waals surface area contributed by atoms with Crippen LogP contribution in [0, 0.1) is 0 Å². The zero-order chi connectivity index (χ0) is 25.8. The molecule has 0 fully saturated rings. The maximum Gasteiger partial charge on any atom is 0.230 e. The van der Waals surface area contributed by atoms with Gasteiger partial charge in [-0.1, -0.05) is 30.3 Å². The molecule has 3 aromatic carbocycles. The molecule has 36 heavy (non-hydrogen) atoms. The van der Waals surface area contributed by atoms with Crippen LogP contribution in [0.1, 0.15) is 62.4 Å². The van der Waals surface area contributed by atoms with Gasteiger partial charge in [-0.2, -0.15) is 0 Å². The quantitative estimate of drug-likeness (QED) is 0.244. The molecule has 5 rings (SSSR count). The molecule has 2 atom stereocenters. The monoisotopic (exact) mass is 490 g/mol. The molecule has 0 aromatic heterocycles. The van der Waals surface area contributed by atoms with E-state index in [1.54, 1.807) is 24.3 Å². The number of Topliss-reactive ketones (excluding diaryl/α,β-unsaturated/α-hetero) is 1. The van der Waals surface area contributed by atoms with E-state index < -0.39 is 64.5 Å². The predicted octanol–water partition coefficient (Wildman–Crippen LogP) is 2.59. The molecule has 0 spiro atoms. The van der Waals surface area contributed by atoms with Crippen molar-refractivity contribution in [1.82, 2.24) is 0 Å². The summed E-state index contributed by atoms with van der Waals surface area (Å²) >= 11 is 0. The maximum atomic E-state index is 13.6. The number of ether oxygens (including phenoxy) is 2. The number of carbonyl (C=O) groups excluding carboxylic acids is 3. The maximum absolute atomic E-state index is 13.6. The van der Waals surface area contributed by atoms with E-state index in [-0.39, 0.29) is 34.8 Å². The summed E-state index contributed by atoms with van der Waals surface area (Å²) in [6, 6.07) is 13.2. The highest BCUT2D eigenvalue weighted by Gasteiger charge is 2.47. The van der Waals surface area contributed by atoms with Gasteiger partial charge in [0.05, 0.1) is 22.8 Å². The van der Waals surface area contributed by atoms with Crippen molar-refractivity contribution in [1.29, 1.82) is 0 Å².